The predicted molar refractivity (Wildman–Crippen MR) is 42.7 cm³/mol. The van der Waals surface area contributed by atoms with Gasteiger partial charge in [0.15, 0.2) is 5.60 Å². The fourth-order valence-electron chi connectivity index (χ4n) is 0.714. The average molecular weight is 312 g/mol. The van der Waals surface area contributed by atoms with Crippen LogP contribution >= 0.6 is 0 Å². The van der Waals surface area contributed by atoms with Crippen LogP contribution in [0.25, 0.3) is 0 Å². The molecule has 0 unspecified atom stereocenters. The van der Waals surface area contributed by atoms with Crippen molar-refractivity contribution in [3.8, 4) is 0 Å². The van der Waals surface area contributed by atoms with E-state index in [2.05, 4.69) is 0 Å². The summed E-state index contributed by atoms with van der Waals surface area (Å²) in [6.07, 6.45) is -2.29. The Morgan fingerprint density at radius 2 is 1.00 bits per heavy atom. The molecule has 84 valence electrons. The van der Waals surface area contributed by atoms with E-state index < -0.39 is 36.4 Å². The smallest absolute Gasteiger partial charge is 1.00 e. The van der Waals surface area contributed by atoms with Crippen molar-refractivity contribution in [3.05, 3.63) is 0 Å². The van der Waals surface area contributed by atoms with Gasteiger partial charge in [-0.2, -0.15) is 0 Å². The molecule has 0 aromatic rings. The number of hydrogen-bond donors (Lipinski definition) is 4. The molecule has 0 bridgehead atoms. The number of carboxylic acid groups (broad SMARTS) is 3. The molecule has 0 spiro atoms. The Labute approximate surface area is 222 Å². The van der Waals surface area contributed by atoms with Crippen molar-refractivity contribution in [3.63, 3.8) is 0 Å². The standard InChI is InChI=1S/C6H8O7.5Na.5H/c7-3(8)1-6(13,5(11)12)2-4(9)10;;;;;;;;;;/h13H,1-2H2,(H,7,8)(H,9,10)(H,11,12);;;;;;;;;;/q;5*+1;5*-1. The minimum absolute atomic E-state index is 0. The van der Waals surface area contributed by atoms with Crippen LogP contribution in [0.1, 0.15) is 20.0 Å². The van der Waals surface area contributed by atoms with E-state index in [1.807, 2.05) is 0 Å². The molecule has 0 aromatic carbocycles. The van der Waals surface area contributed by atoms with Gasteiger partial charge in [0.1, 0.15) is 0 Å². The molecule has 0 aromatic heterocycles. The normalized spacial score (nSPS) is 7.83. The third-order valence-corrected chi connectivity index (χ3v) is 1.29. The van der Waals surface area contributed by atoms with Crippen LogP contribution in [-0.2, 0) is 14.4 Å². The quantitative estimate of drug-likeness (QED) is 0.371. The summed E-state index contributed by atoms with van der Waals surface area (Å²) in [4.78, 5) is 30.5. The molecule has 0 aliphatic rings. The molecule has 0 saturated carbocycles. The van der Waals surface area contributed by atoms with Crippen molar-refractivity contribution in [1.29, 1.82) is 0 Å². The van der Waals surface area contributed by atoms with Crippen LogP contribution in [0.3, 0.4) is 0 Å². The van der Waals surface area contributed by atoms with Crippen LogP contribution in [0.15, 0.2) is 0 Å². The van der Waals surface area contributed by atoms with Gasteiger partial charge in [-0.25, -0.2) is 4.79 Å². The topological polar surface area (TPSA) is 132 Å². The maximum Gasteiger partial charge on any atom is 1.00 e. The van der Waals surface area contributed by atoms with Crippen molar-refractivity contribution in [2.24, 2.45) is 0 Å². The molecule has 0 atom stereocenters. The Kier molecular flexibility index (Phi) is 38.4. The second kappa shape index (κ2) is 18.4. The molecule has 0 amide bonds. The first kappa shape index (κ1) is 37.5. The fourth-order valence-corrected chi connectivity index (χ4v) is 0.714. The Morgan fingerprint density at radius 1 is 0.778 bits per heavy atom. The van der Waals surface area contributed by atoms with Gasteiger partial charge < -0.3 is 27.6 Å². The molecular weight excluding hydrogens is 299 g/mol. The molecule has 0 heterocycles. The number of rotatable bonds is 5. The van der Waals surface area contributed by atoms with Gasteiger partial charge >= 0.3 is 166 Å². The first-order chi connectivity index (χ1) is 5.78. The van der Waals surface area contributed by atoms with Crippen molar-refractivity contribution < 1.29 is 190 Å². The zero-order valence-electron chi connectivity index (χ0n) is 16.4. The summed E-state index contributed by atoms with van der Waals surface area (Å²) in [5.74, 6) is -5.02. The Bertz CT molecular complexity index is 260. The molecule has 0 saturated heterocycles. The SMILES string of the molecule is O=C(O)CC(O)(CC(=O)O)C(=O)O.[H-].[H-].[H-].[H-].[H-].[Na+].[Na+].[Na+].[Na+].[Na+]. The molecule has 0 radical (unpaired) electrons. The van der Waals surface area contributed by atoms with E-state index >= 15 is 0 Å². The van der Waals surface area contributed by atoms with Crippen molar-refractivity contribution in [1.82, 2.24) is 0 Å². The summed E-state index contributed by atoms with van der Waals surface area (Å²) in [6, 6.07) is 0. The van der Waals surface area contributed by atoms with Crippen LogP contribution in [0, 0.1) is 0 Å². The Morgan fingerprint density at radius 3 is 1.11 bits per heavy atom. The molecule has 7 nitrogen and oxygen atoms in total. The van der Waals surface area contributed by atoms with Crippen molar-refractivity contribution in [2.45, 2.75) is 18.4 Å². The molecule has 0 fully saturated rings. The van der Waals surface area contributed by atoms with Crippen molar-refractivity contribution >= 4 is 17.9 Å². The van der Waals surface area contributed by atoms with Gasteiger partial charge in [-0.3, -0.25) is 9.59 Å². The fraction of sp³-hybridized carbons (Fsp3) is 0.500. The van der Waals surface area contributed by atoms with Crippen LogP contribution in [0.4, 0.5) is 0 Å². The summed E-state index contributed by atoms with van der Waals surface area (Å²) in [6.45, 7) is 0. The third-order valence-electron chi connectivity index (χ3n) is 1.29. The molecule has 0 rings (SSSR count). The molecular formula is C6H13Na5O7. The van der Waals surface area contributed by atoms with Gasteiger partial charge in [0, 0.05) is 0 Å². The van der Waals surface area contributed by atoms with Crippen molar-refractivity contribution in [2.75, 3.05) is 0 Å². The van der Waals surface area contributed by atoms with Gasteiger partial charge in [0.2, 0.25) is 0 Å². The summed E-state index contributed by atoms with van der Waals surface area (Å²) >= 11 is 0. The molecule has 18 heavy (non-hydrogen) atoms. The number of carboxylic acids is 3. The Balaban J connectivity index is -0.0000000160. The van der Waals surface area contributed by atoms with E-state index in [9.17, 15) is 14.4 Å². The van der Waals surface area contributed by atoms with Gasteiger partial charge in [-0.05, 0) is 0 Å². The van der Waals surface area contributed by atoms with E-state index in [4.69, 9.17) is 20.4 Å². The van der Waals surface area contributed by atoms with Gasteiger partial charge in [-0.1, -0.05) is 0 Å². The first-order valence-corrected chi connectivity index (χ1v) is 3.17. The minimum atomic E-state index is -2.74. The van der Waals surface area contributed by atoms with E-state index in [1.165, 1.54) is 0 Å². The maximum absolute atomic E-state index is 10.3. The van der Waals surface area contributed by atoms with E-state index in [0.717, 1.165) is 0 Å². The number of aliphatic carboxylic acids is 3. The minimum Gasteiger partial charge on any atom is -1.00 e. The van der Waals surface area contributed by atoms with E-state index in [-0.39, 0.29) is 155 Å². The maximum atomic E-state index is 10.3. The average Bonchev–Trinajstić information content (AvgIpc) is 1.82. The van der Waals surface area contributed by atoms with Crippen LogP contribution in [-0.4, -0.2) is 43.9 Å². The van der Waals surface area contributed by atoms with E-state index in [0.29, 0.717) is 0 Å². The molecule has 4 N–H and O–H groups in total. The second-order valence-electron chi connectivity index (χ2n) is 2.48. The van der Waals surface area contributed by atoms with Crippen LogP contribution in [0.2, 0.25) is 0 Å². The Hall–Kier alpha value is 3.37. The monoisotopic (exact) mass is 312 g/mol. The van der Waals surface area contributed by atoms with Gasteiger partial charge in [-0.15, -0.1) is 0 Å². The molecule has 12 heteroatoms. The number of carbonyl (C=O) groups is 3. The number of aliphatic hydroxyl groups is 1. The summed E-state index contributed by atoms with van der Waals surface area (Å²) in [5.41, 5.74) is -2.74. The zero-order valence-corrected chi connectivity index (χ0v) is 21.4. The third kappa shape index (κ3) is 17.4. The largest absolute Gasteiger partial charge is 1.00 e. The molecule has 0 aliphatic carbocycles. The summed E-state index contributed by atoms with van der Waals surface area (Å²) in [7, 11) is 0. The molecule has 0 aliphatic heterocycles. The predicted octanol–water partition coefficient (Wildman–Crippen LogP) is -15.7. The zero-order chi connectivity index (χ0) is 10.6. The van der Waals surface area contributed by atoms with Crippen LogP contribution < -0.4 is 148 Å². The summed E-state index contributed by atoms with van der Waals surface area (Å²) < 4.78 is 0. The van der Waals surface area contributed by atoms with Crippen LogP contribution in [0.5, 0.6) is 0 Å². The van der Waals surface area contributed by atoms with E-state index in [1.54, 1.807) is 0 Å². The van der Waals surface area contributed by atoms with Gasteiger partial charge in [0.25, 0.3) is 0 Å². The second-order valence-corrected chi connectivity index (χ2v) is 2.48. The van der Waals surface area contributed by atoms with Gasteiger partial charge in [0.05, 0.1) is 12.8 Å². The summed E-state index contributed by atoms with van der Waals surface area (Å²) in [5, 5.41) is 33.8. The number of hydrogen-bond acceptors (Lipinski definition) is 4. The first-order valence-electron chi connectivity index (χ1n) is 3.17.